The van der Waals surface area contributed by atoms with Crippen molar-refractivity contribution >= 4 is 63.7 Å². The Bertz CT molecular complexity index is 1430. The van der Waals surface area contributed by atoms with Crippen LogP contribution >= 0.6 is 46.4 Å². The first-order chi connectivity index (χ1) is 17.9. The van der Waals surface area contributed by atoms with Crippen molar-refractivity contribution in [2.24, 2.45) is 0 Å². The van der Waals surface area contributed by atoms with E-state index in [9.17, 15) is 4.79 Å². The fourth-order valence-corrected chi connectivity index (χ4v) is 5.24. The van der Waals surface area contributed by atoms with Gasteiger partial charge in [0, 0.05) is 49.0 Å². The molecule has 4 aromatic rings. The van der Waals surface area contributed by atoms with E-state index in [1.807, 2.05) is 30.3 Å². The quantitative estimate of drug-likeness (QED) is 0.252. The average molecular weight is 575 g/mol. The van der Waals surface area contributed by atoms with Gasteiger partial charge in [0.25, 0.3) is 5.91 Å². The molecule has 1 aliphatic rings. The van der Waals surface area contributed by atoms with Gasteiger partial charge in [-0.3, -0.25) is 9.69 Å². The minimum atomic E-state index is -0.388. The first kappa shape index (κ1) is 26.0. The number of rotatable bonds is 6. The second kappa shape index (κ2) is 11.4. The van der Waals surface area contributed by atoms with Gasteiger partial charge in [0.05, 0.1) is 20.8 Å². The number of halogens is 4. The molecular formula is C28H23Cl4N3O2. The SMILES string of the molecule is O=C(Nc1ccc(N2CCN(Cc3ccccc3Cl)CC2)c(Cl)c1)c1ccc(-c2cccc(Cl)c2Cl)o1. The zero-order valence-electron chi connectivity index (χ0n) is 19.7. The third kappa shape index (κ3) is 5.92. The standard InChI is InChI=1S/C28H23Cl4N3O2/c29-21-6-2-1-4-18(21)17-34-12-14-35(15-13-34)24-9-8-19(16-23(24)31)33-28(36)26-11-10-25(37-26)20-5-3-7-22(30)27(20)32/h1-11,16H,12-15,17H2,(H,33,36). The van der Waals surface area contributed by atoms with Crippen molar-refractivity contribution in [1.29, 1.82) is 0 Å². The number of amides is 1. The Labute approximate surface area is 235 Å². The summed E-state index contributed by atoms with van der Waals surface area (Å²) in [7, 11) is 0. The van der Waals surface area contributed by atoms with Crippen molar-refractivity contribution < 1.29 is 9.21 Å². The predicted octanol–water partition coefficient (Wildman–Crippen LogP) is 8.13. The summed E-state index contributed by atoms with van der Waals surface area (Å²) in [4.78, 5) is 17.4. The van der Waals surface area contributed by atoms with Crippen LogP contribution in [0, 0.1) is 0 Å². The summed E-state index contributed by atoms with van der Waals surface area (Å²) in [5.41, 5.74) is 3.27. The molecular weight excluding hydrogens is 552 g/mol. The fraction of sp³-hybridized carbons (Fsp3) is 0.179. The zero-order chi connectivity index (χ0) is 25.9. The lowest BCUT2D eigenvalue weighted by atomic mass is 10.2. The highest BCUT2D eigenvalue weighted by Crippen LogP contribution is 2.35. The highest BCUT2D eigenvalue weighted by Gasteiger charge is 2.21. The van der Waals surface area contributed by atoms with Gasteiger partial charge in [-0.05, 0) is 54.1 Å². The molecule has 1 saturated heterocycles. The van der Waals surface area contributed by atoms with E-state index in [1.165, 1.54) is 0 Å². The van der Waals surface area contributed by atoms with Crippen molar-refractivity contribution in [1.82, 2.24) is 4.90 Å². The first-order valence-corrected chi connectivity index (χ1v) is 13.3. The van der Waals surface area contributed by atoms with Crippen molar-refractivity contribution in [3.05, 3.63) is 104 Å². The summed E-state index contributed by atoms with van der Waals surface area (Å²) in [5, 5.41) is 5.00. The number of benzene rings is 3. The molecule has 0 saturated carbocycles. The lowest BCUT2D eigenvalue weighted by Crippen LogP contribution is -2.46. The number of nitrogens with one attached hydrogen (secondary N) is 1. The summed E-state index contributed by atoms with van der Waals surface area (Å²) in [6, 6.07) is 22.0. The van der Waals surface area contributed by atoms with Crippen LogP contribution in [0.1, 0.15) is 16.1 Å². The van der Waals surface area contributed by atoms with Crippen molar-refractivity contribution in [3.63, 3.8) is 0 Å². The number of carbonyl (C=O) groups is 1. The maximum atomic E-state index is 12.8. The average Bonchev–Trinajstić information content (AvgIpc) is 3.38. The summed E-state index contributed by atoms with van der Waals surface area (Å²) in [6.45, 7) is 4.31. The maximum Gasteiger partial charge on any atom is 0.291 e. The lowest BCUT2D eigenvalue weighted by Gasteiger charge is -2.36. The van der Waals surface area contributed by atoms with Gasteiger partial charge in [0.15, 0.2) is 5.76 Å². The van der Waals surface area contributed by atoms with Crippen LogP contribution in [0.5, 0.6) is 0 Å². The van der Waals surface area contributed by atoms with Crippen LogP contribution in [-0.2, 0) is 6.54 Å². The highest BCUT2D eigenvalue weighted by molar-refractivity contribution is 6.43. The van der Waals surface area contributed by atoms with Crippen LogP contribution in [0.15, 0.2) is 77.2 Å². The maximum absolute atomic E-state index is 12.8. The van der Waals surface area contributed by atoms with Gasteiger partial charge in [-0.1, -0.05) is 70.7 Å². The predicted molar refractivity (Wildman–Crippen MR) is 153 cm³/mol. The number of anilines is 2. The van der Waals surface area contributed by atoms with Crippen LogP contribution in [0.3, 0.4) is 0 Å². The second-order valence-electron chi connectivity index (χ2n) is 8.74. The first-order valence-electron chi connectivity index (χ1n) is 11.7. The molecule has 5 rings (SSSR count). The monoisotopic (exact) mass is 573 g/mol. The van der Waals surface area contributed by atoms with Gasteiger partial charge in [0.2, 0.25) is 0 Å². The van der Waals surface area contributed by atoms with E-state index in [0.29, 0.717) is 32.1 Å². The van der Waals surface area contributed by atoms with Gasteiger partial charge < -0.3 is 14.6 Å². The summed E-state index contributed by atoms with van der Waals surface area (Å²) < 4.78 is 5.74. The Balaban J connectivity index is 1.20. The zero-order valence-corrected chi connectivity index (χ0v) is 22.7. The van der Waals surface area contributed by atoms with Gasteiger partial charge in [-0.2, -0.15) is 0 Å². The Kier molecular flexibility index (Phi) is 7.98. The third-order valence-corrected chi connectivity index (χ3v) is 7.81. The van der Waals surface area contributed by atoms with Crippen molar-refractivity contribution in [3.8, 4) is 11.3 Å². The number of carbonyl (C=O) groups excluding carboxylic acids is 1. The smallest absolute Gasteiger partial charge is 0.291 e. The molecule has 1 N–H and O–H groups in total. The Morgan fingerprint density at radius 2 is 1.57 bits per heavy atom. The van der Waals surface area contributed by atoms with E-state index < -0.39 is 0 Å². The number of hydrogen-bond donors (Lipinski definition) is 1. The number of hydrogen-bond acceptors (Lipinski definition) is 4. The normalized spacial score (nSPS) is 14.1. The van der Waals surface area contributed by atoms with Crippen LogP contribution < -0.4 is 10.2 Å². The molecule has 1 amide bonds. The number of piperazine rings is 1. The Hall–Kier alpha value is -2.67. The molecule has 0 atom stereocenters. The fourth-order valence-electron chi connectivity index (χ4n) is 4.35. The van der Waals surface area contributed by atoms with Crippen LogP contribution in [-0.4, -0.2) is 37.0 Å². The van der Waals surface area contributed by atoms with E-state index in [0.717, 1.165) is 49.0 Å². The van der Waals surface area contributed by atoms with E-state index in [2.05, 4.69) is 21.2 Å². The molecule has 2 heterocycles. The Morgan fingerprint density at radius 1 is 0.811 bits per heavy atom. The molecule has 0 aliphatic carbocycles. The molecule has 0 spiro atoms. The molecule has 9 heteroatoms. The molecule has 1 aromatic heterocycles. The molecule has 5 nitrogen and oxygen atoms in total. The molecule has 3 aromatic carbocycles. The number of furan rings is 1. The summed E-state index contributed by atoms with van der Waals surface area (Å²) in [5.74, 6) is 0.224. The molecule has 190 valence electrons. The highest BCUT2D eigenvalue weighted by atomic mass is 35.5. The van der Waals surface area contributed by atoms with E-state index >= 15 is 0 Å². The minimum Gasteiger partial charge on any atom is -0.451 e. The number of nitrogens with zero attached hydrogens (tertiary/aromatic N) is 2. The molecule has 0 radical (unpaired) electrons. The molecule has 37 heavy (non-hydrogen) atoms. The third-order valence-electron chi connectivity index (χ3n) is 6.32. The van der Waals surface area contributed by atoms with E-state index in [-0.39, 0.29) is 11.7 Å². The van der Waals surface area contributed by atoms with Crippen LogP contribution in [0.2, 0.25) is 20.1 Å². The lowest BCUT2D eigenvalue weighted by molar-refractivity contribution is 0.0997. The van der Waals surface area contributed by atoms with E-state index in [4.69, 9.17) is 50.8 Å². The molecule has 1 fully saturated rings. The van der Waals surface area contributed by atoms with Crippen molar-refractivity contribution in [2.75, 3.05) is 36.4 Å². The molecule has 1 aliphatic heterocycles. The van der Waals surface area contributed by atoms with Gasteiger partial charge in [-0.25, -0.2) is 0 Å². The molecule has 0 bridgehead atoms. The molecule has 0 unspecified atom stereocenters. The van der Waals surface area contributed by atoms with Crippen LogP contribution in [0.25, 0.3) is 11.3 Å². The van der Waals surface area contributed by atoms with Gasteiger partial charge in [-0.15, -0.1) is 0 Å². The van der Waals surface area contributed by atoms with Crippen LogP contribution in [0.4, 0.5) is 11.4 Å². The van der Waals surface area contributed by atoms with Gasteiger partial charge >= 0.3 is 0 Å². The second-order valence-corrected chi connectivity index (χ2v) is 10.3. The summed E-state index contributed by atoms with van der Waals surface area (Å²) in [6.07, 6.45) is 0. The van der Waals surface area contributed by atoms with Crippen molar-refractivity contribution in [2.45, 2.75) is 6.54 Å². The minimum absolute atomic E-state index is 0.154. The Morgan fingerprint density at radius 3 is 2.32 bits per heavy atom. The largest absolute Gasteiger partial charge is 0.451 e. The van der Waals surface area contributed by atoms with E-state index in [1.54, 1.807) is 36.4 Å². The summed E-state index contributed by atoms with van der Waals surface area (Å²) >= 11 is 25.3. The topological polar surface area (TPSA) is 48.7 Å². The van der Waals surface area contributed by atoms with Gasteiger partial charge in [0.1, 0.15) is 5.76 Å².